The molecule has 4 heterocycles. The lowest BCUT2D eigenvalue weighted by molar-refractivity contribution is 0.114. The summed E-state index contributed by atoms with van der Waals surface area (Å²) < 4.78 is 0. The average Bonchev–Trinajstić information content (AvgIpc) is 3.40. The van der Waals surface area contributed by atoms with Crippen LogP contribution < -0.4 is 0 Å². The van der Waals surface area contributed by atoms with Gasteiger partial charge in [0.05, 0.1) is 0 Å². The molecule has 0 N–H and O–H groups in total. The normalized spacial score (nSPS) is 28.1. The molecule has 1 unspecified atom stereocenters. The molecule has 0 bridgehead atoms. The number of piperidine rings is 2. The fourth-order valence-corrected chi connectivity index (χ4v) is 5.30. The molecule has 6 heteroatoms. The Hall–Kier alpha value is -1.46. The van der Waals surface area contributed by atoms with Crippen molar-refractivity contribution in [1.29, 1.82) is 0 Å². The molecule has 4 aliphatic heterocycles. The van der Waals surface area contributed by atoms with Gasteiger partial charge in [-0.05, 0) is 63.2 Å². The standard InChI is InChI=1S/C20H34N4O2/c25-19(21-9-2-1-3-10-21)23-13-6-17(7-14-23)18-8-15-24(16-18)20(26)22-11-4-5-12-22/h17-18H,1-16H2. The van der Waals surface area contributed by atoms with Crippen molar-refractivity contribution >= 4 is 12.1 Å². The highest BCUT2D eigenvalue weighted by Gasteiger charge is 2.36. The van der Waals surface area contributed by atoms with Crippen LogP contribution in [-0.4, -0.2) is 84.0 Å². The van der Waals surface area contributed by atoms with Crippen LogP contribution in [0.1, 0.15) is 51.4 Å². The van der Waals surface area contributed by atoms with Gasteiger partial charge in [0.1, 0.15) is 0 Å². The van der Waals surface area contributed by atoms with Crippen molar-refractivity contribution in [3.63, 3.8) is 0 Å². The predicted octanol–water partition coefficient (Wildman–Crippen LogP) is 2.84. The number of carbonyl (C=O) groups excluding carboxylic acids is 2. The summed E-state index contributed by atoms with van der Waals surface area (Å²) in [7, 11) is 0. The highest BCUT2D eigenvalue weighted by molar-refractivity contribution is 5.75. The molecule has 4 saturated heterocycles. The Morgan fingerprint density at radius 3 is 1.54 bits per heavy atom. The molecule has 4 rings (SSSR count). The molecule has 0 spiro atoms. The number of rotatable bonds is 1. The molecule has 1 atom stereocenters. The first-order valence-electron chi connectivity index (χ1n) is 10.8. The van der Waals surface area contributed by atoms with Gasteiger partial charge in [-0.1, -0.05) is 0 Å². The summed E-state index contributed by atoms with van der Waals surface area (Å²) in [6.07, 6.45) is 9.26. The Morgan fingerprint density at radius 2 is 0.923 bits per heavy atom. The van der Waals surface area contributed by atoms with E-state index in [0.717, 1.165) is 97.3 Å². The minimum absolute atomic E-state index is 0.264. The van der Waals surface area contributed by atoms with Crippen LogP contribution in [0.5, 0.6) is 0 Å². The zero-order valence-corrected chi connectivity index (χ0v) is 16.1. The van der Waals surface area contributed by atoms with E-state index in [-0.39, 0.29) is 12.1 Å². The first-order chi connectivity index (χ1) is 12.7. The SMILES string of the molecule is O=C(N1CCCCC1)N1CCC(C2CCN(C(=O)N3CCCC3)C2)CC1. The molecule has 6 nitrogen and oxygen atoms in total. The summed E-state index contributed by atoms with van der Waals surface area (Å²) in [5, 5.41) is 0. The third-order valence-electron chi connectivity index (χ3n) is 6.98. The molecule has 146 valence electrons. The molecule has 0 radical (unpaired) electrons. The second-order valence-electron chi connectivity index (χ2n) is 8.63. The number of likely N-dealkylation sites (tertiary alicyclic amines) is 4. The molecule has 0 saturated carbocycles. The van der Waals surface area contributed by atoms with Crippen LogP contribution in [0.4, 0.5) is 9.59 Å². The van der Waals surface area contributed by atoms with E-state index in [1.807, 2.05) is 4.90 Å². The van der Waals surface area contributed by atoms with E-state index in [1.54, 1.807) is 0 Å². The van der Waals surface area contributed by atoms with Gasteiger partial charge in [0.25, 0.3) is 0 Å². The summed E-state index contributed by atoms with van der Waals surface area (Å²) in [4.78, 5) is 33.5. The molecule has 0 aromatic rings. The lowest BCUT2D eigenvalue weighted by Crippen LogP contribution is -2.49. The van der Waals surface area contributed by atoms with Gasteiger partial charge in [-0.15, -0.1) is 0 Å². The maximum absolute atomic E-state index is 12.7. The van der Waals surface area contributed by atoms with Gasteiger partial charge in [-0.2, -0.15) is 0 Å². The minimum atomic E-state index is 0.264. The molecule has 0 aromatic heterocycles. The lowest BCUT2D eigenvalue weighted by atomic mass is 9.84. The Kier molecular flexibility index (Phi) is 5.55. The molecule has 0 aromatic carbocycles. The summed E-state index contributed by atoms with van der Waals surface area (Å²) in [6.45, 7) is 7.41. The van der Waals surface area contributed by atoms with Crippen LogP contribution in [-0.2, 0) is 0 Å². The molecular formula is C20H34N4O2. The zero-order chi connectivity index (χ0) is 17.9. The number of urea groups is 2. The maximum atomic E-state index is 12.7. The van der Waals surface area contributed by atoms with E-state index in [9.17, 15) is 9.59 Å². The smallest absolute Gasteiger partial charge is 0.320 e. The molecule has 4 amide bonds. The lowest BCUT2D eigenvalue weighted by Gasteiger charge is -2.38. The van der Waals surface area contributed by atoms with Gasteiger partial charge in [0.2, 0.25) is 0 Å². The summed E-state index contributed by atoms with van der Waals surface area (Å²) in [5.74, 6) is 1.31. The number of hydrogen-bond donors (Lipinski definition) is 0. The monoisotopic (exact) mass is 362 g/mol. The molecule has 4 fully saturated rings. The van der Waals surface area contributed by atoms with Crippen molar-refractivity contribution in [2.45, 2.75) is 51.4 Å². The first kappa shape index (κ1) is 17.9. The van der Waals surface area contributed by atoms with Crippen molar-refractivity contribution in [2.75, 3.05) is 52.4 Å². The topological polar surface area (TPSA) is 47.1 Å². The fraction of sp³-hybridized carbons (Fsp3) is 0.900. The third kappa shape index (κ3) is 3.79. The number of hydrogen-bond acceptors (Lipinski definition) is 2. The van der Waals surface area contributed by atoms with Crippen molar-refractivity contribution in [3.8, 4) is 0 Å². The molecule has 0 aliphatic carbocycles. The van der Waals surface area contributed by atoms with Crippen LogP contribution >= 0.6 is 0 Å². The van der Waals surface area contributed by atoms with E-state index >= 15 is 0 Å². The van der Waals surface area contributed by atoms with Gasteiger partial charge >= 0.3 is 12.1 Å². The van der Waals surface area contributed by atoms with Gasteiger partial charge in [-0.25, -0.2) is 9.59 Å². The zero-order valence-electron chi connectivity index (χ0n) is 16.1. The summed E-state index contributed by atoms with van der Waals surface area (Å²) >= 11 is 0. The molecule has 26 heavy (non-hydrogen) atoms. The van der Waals surface area contributed by atoms with Crippen LogP contribution in [0, 0.1) is 11.8 Å². The van der Waals surface area contributed by atoms with E-state index in [2.05, 4.69) is 14.7 Å². The van der Waals surface area contributed by atoms with Gasteiger partial charge in [0, 0.05) is 52.4 Å². The number of nitrogens with zero attached hydrogens (tertiary/aromatic N) is 4. The van der Waals surface area contributed by atoms with Crippen molar-refractivity contribution < 1.29 is 9.59 Å². The van der Waals surface area contributed by atoms with Gasteiger partial charge in [0.15, 0.2) is 0 Å². The second-order valence-corrected chi connectivity index (χ2v) is 8.63. The Balaban J connectivity index is 1.23. The highest BCUT2D eigenvalue weighted by atomic mass is 16.2. The number of carbonyl (C=O) groups is 2. The summed E-state index contributed by atoms with van der Waals surface area (Å²) in [6, 6.07) is 0.531. The van der Waals surface area contributed by atoms with Crippen molar-refractivity contribution in [1.82, 2.24) is 19.6 Å². The van der Waals surface area contributed by atoms with Crippen molar-refractivity contribution in [2.24, 2.45) is 11.8 Å². The van der Waals surface area contributed by atoms with Crippen LogP contribution in [0.25, 0.3) is 0 Å². The van der Waals surface area contributed by atoms with Gasteiger partial charge in [-0.3, -0.25) is 0 Å². The van der Waals surface area contributed by atoms with Crippen LogP contribution in [0.15, 0.2) is 0 Å². The van der Waals surface area contributed by atoms with E-state index < -0.39 is 0 Å². The largest absolute Gasteiger partial charge is 0.325 e. The Bertz CT molecular complexity index is 506. The van der Waals surface area contributed by atoms with E-state index in [1.165, 1.54) is 6.42 Å². The Labute approximate surface area is 157 Å². The van der Waals surface area contributed by atoms with Crippen LogP contribution in [0.3, 0.4) is 0 Å². The maximum Gasteiger partial charge on any atom is 0.320 e. The predicted molar refractivity (Wildman–Crippen MR) is 101 cm³/mol. The van der Waals surface area contributed by atoms with Gasteiger partial charge < -0.3 is 19.6 Å². The average molecular weight is 363 g/mol. The Morgan fingerprint density at radius 1 is 0.500 bits per heavy atom. The molecular weight excluding hydrogens is 328 g/mol. The number of amides is 4. The van der Waals surface area contributed by atoms with E-state index in [0.29, 0.717) is 11.8 Å². The fourth-order valence-electron chi connectivity index (χ4n) is 5.30. The van der Waals surface area contributed by atoms with E-state index in [4.69, 9.17) is 0 Å². The first-order valence-corrected chi connectivity index (χ1v) is 10.8. The third-order valence-corrected chi connectivity index (χ3v) is 6.98. The van der Waals surface area contributed by atoms with Crippen molar-refractivity contribution in [3.05, 3.63) is 0 Å². The quantitative estimate of drug-likeness (QED) is 0.720. The molecule has 4 aliphatic rings. The summed E-state index contributed by atoms with van der Waals surface area (Å²) in [5.41, 5.74) is 0. The highest BCUT2D eigenvalue weighted by Crippen LogP contribution is 2.33. The van der Waals surface area contributed by atoms with Crippen LogP contribution in [0.2, 0.25) is 0 Å². The second kappa shape index (κ2) is 8.05. The minimum Gasteiger partial charge on any atom is -0.325 e.